The van der Waals surface area contributed by atoms with E-state index in [4.69, 9.17) is 0 Å². The average Bonchev–Trinajstić information content (AvgIpc) is 3.38. The van der Waals surface area contributed by atoms with Gasteiger partial charge in [0.2, 0.25) is 5.91 Å². The van der Waals surface area contributed by atoms with Crippen molar-refractivity contribution in [1.29, 1.82) is 0 Å². The molecule has 3 atom stereocenters. The van der Waals surface area contributed by atoms with E-state index in [9.17, 15) is 4.79 Å². The second-order valence-corrected chi connectivity index (χ2v) is 8.57. The zero-order chi connectivity index (χ0) is 18.2. The van der Waals surface area contributed by atoms with Crippen molar-refractivity contribution >= 4 is 11.6 Å². The normalized spacial score (nSPS) is 27.5. The van der Waals surface area contributed by atoms with Crippen molar-refractivity contribution in [3.63, 3.8) is 0 Å². The first-order valence-electron chi connectivity index (χ1n) is 10.4. The van der Waals surface area contributed by atoms with Gasteiger partial charge in [-0.3, -0.25) is 9.69 Å². The van der Waals surface area contributed by atoms with Gasteiger partial charge in [-0.1, -0.05) is 48.5 Å². The fourth-order valence-electron chi connectivity index (χ4n) is 5.22. The molecule has 2 unspecified atom stereocenters. The maximum absolute atomic E-state index is 13.2. The molecule has 1 saturated heterocycles. The molecule has 2 saturated carbocycles. The number of anilines is 1. The number of benzene rings is 2. The molecule has 5 rings (SSSR count). The number of para-hydroxylation sites is 1. The first kappa shape index (κ1) is 17.0. The quantitative estimate of drug-likeness (QED) is 0.792. The highest BCUT2D eigenvalue weighted by molar-refractivity contribution is 5.97. The van der Waals surface area contributed by atoms with Gasteiger partial charge in [-0.15, -0.1) is 0 Å². The molecule has 27 heavy (non-hydrogen) atoms. The second kappa shape index (κ2) is 7.12. The summed E-state index contributed by atoms with van der Waals surface area (Å²) in [5.74, 6) is 1.98. The molecule has 3 nitrogen and oxygen atoms in total. The number of rotatable bonds is 5. The lowest BCUT2D eigenvalue weighted by Crippen LogP contribution is -2.45. The second-order valence-electron chi connectivity index (χ2n) is 8.57. The first-order valence-corrected chi connectivity index (χ1v) is 10.4. The van der Waals surface area contributed by atoms with Gasteiger partial charge in [0, 0.05) is 37.3 Å². The van der Waals surface area contributed by atoms with Crippen LogP contribution in [0.5, 0.6) is 0 Å². The van der Waals surface area contributed by atoms with E-state index in [0.717, 1.165) is 44.0 Å². The highest BCUT2D eigenvalue weighted by atomic mass is 16.2. The van der Waals surface area contributed by atoms with Crippen LogP contribution in [0.25, 0.3) is 0 Å². The minimum absolute atomic E-state index is 0.270. The van der Waals surface area contributed by atoms with Crippen molar-refractivity contribution in [3.8, 4) is 0 Å². The minimum atomic E-state index is 0.270. The summed E-state index contributed by atoms with van der Waals surface area (Å²) in [7, 11) is 0. The van der Waals surface area contributed by atoms with Crippen molar-refractivity contribution < 1.29 is 4.79 Å². The molecule has 1 amide bonds. The van der Waals surface area contributed by atoms with Crippen LogP contribution in [0.3, 0.4) is 0 Å². The number of carbonyl (C=O) groups excluding carboxylic acids is 1. The summed E-state index contributed by atoms with van der Waals surface area (Å²) in [6.45, 7) is 3.32. The lowest BCUT2D eigenvalue weighted by molar-refractivity contribution is -0.120. The topological polar surface area (TPSA) is 23.6 Å². The van der Waals surface area contributed by atoms with Crippen LogP contribution in [0.2, 0.25) is 0 Å². The Bertz CT molecular complexity index is 787. The van der Waals surface area contributed by atoms with Gasteiger partial charge in [-0.25, -0.2) is 0 Å². The first-order chi connectivity index (χ1) is 13.3. The lowest BCUT2D eigenvalue weighted by Gasteiger charge is -2.33. The van der Waals surface area contributed by atoms with Crippen LogP contribution in [0.15, 0.2) is 60.7 Å². The maximum Gasteiger partial charge on any atom is 0.230 e. The molecule has 2 aliphatic carbocycles. The van der Waals surface area contributed by atoms with E-state index in [-0.39, 0.29) is 5.92 Å². The standard InChI is InChI=1S/C24H28N2O/c27-24(19-11-12-19)26(21-9-5-2-6-10-21)23-14-13-20-16-25(17-22(20)23)15-18-7-3-1-4-8-18/h1-10,19-20,22-23H,11-17H2/t20-,22?,23?/m0/s1. The summed E-state index contributed by atoms with van der Waals surface area (Å²) in [5.41, 5.74) is 2.49. The van der Waals surface area contributed by atoms with Crippen LogP contribution in [0, 0.1) is 17.8 Å². The van der Waals surface area contributed by atoms with E-state index in [1.165, 1.54) is 18.5 Å². The molecule has 1 heterocycles. The fourth-order valence-corrected chi connectivity index (χ4v) is 5.22. The van der Waals surface area contributed by atoms with Crippen molar-refractivity contribution in [2.24, 2.45) is 17.8 Å². The summed E-state index contributed by atoms with van der Waals surface area (Å²) in [5, 5.41) is 0. The van der Waals surface area contributed by atoms with Crippen molar-refractivity contribution in [3.05, 3.63) is 66.2 Å². The number of nitrogens with zero attached hydrogens (tertiary/aromatic N) is 2. The van der Waals surface area contributed by atoms with Crippen LogP contribution in [0.1, 0.15) is 31.2 Å². The molecule has 3 fully saturated rings. The van der Waals surface area contributed by atoms with Crippen LogP contribution in [-0.2, 0) is 11.3 Å². The van der Waals surface area contributed by atoms with Gasteiger partial charge in [0.25, 0.3) is 0 Å². The summed E-state index contributed by atoms with van der Waals surface area (Å²) in [6.07, 6.45) is 4.55. The van der Waals surface area contributed by atoms with Gasteiger partial charge in [0.1, 0.15) is 0 Å². The molecule has 0 radical (unpaired) electrons. The van der Waals surface area contributed by atoms with Crippen LogP contribution in [-0.4, -0.2) is 29.9 Å². The Hall–Kier alpha value is -2.13. The van der Waals surface area contributed by atoms with Gasteiger partial charge in [0.15, 0.2) is 0 Å². The molecular weight excluding hydrogens is 332 g/mol. The zero-order valence-corrected chi connectivity index (χ0v) is 15.8. The predicted octanol–water partition coefficient (Wildman–Crippen LogP) is 4.34. The molecule has 3 aliphatic rings. The lowest BCUT2D eigenvalue weighted by atomic mass is 9.96. The van der Waals surface area contributed by atoms with Crippen molar-refractivity contribution in [2.75, 3.05) is 18.0 Å². The third-order valence-corrected chi connectivity index (χ3v) is 6.67. The molecule has 140 valence electrons. The molecule has 1 aliphatic heterocycles. The number of hydrogen-bond donors (Lipinski definition) is 0. The highest BCUT2D eigenvalue weighted by Crippen LogP contribution is 2.44. The van der Waals surface area contributed by atoms with E-state index in [2.05, 4.69) is 64.4 Å². The van der Waals surface area contributed by atoms with Crippen molar-refractivity contribution in [2.45, 2.75) is 38.3 Å². The Labute approximate surface area is 162 Å². The monoisotopic (exact) mass is 360 g/mol. The van der Waals surface area contributed by atoms with E-state index in [1.807, 2.05) is 6.07 Å². The largest absolute Gasteiger partial charge is 0.309 e. The Morgan fingerprint density at radius 1 is 0.889 bits per heavy atom. The highest BCUT2D eigenvalue weighted by Gasteiger charge is 2.48. The van der Waals surface area contributed by atoms with Gasteiger partial charge < -0.3 is 4.90 Å². The Morgan fingerprint density at radius 3 is 2.30 bits per heavy atom. The molecular formula is C24H28N2O. The summed E-state index contributed by atoms with van der Waals surface area (Å²) in [4.78, 5) is 18.0. The SMILES string of the molecule is O=C(C1CC1)N(c1ccccc1)C1CC[C@H]2CN(Cc3ccccc3)CC12. The number of amides is 1. The minimum Gasteiger partial charge on any atom is -0.309 e. The number of fused-ring (bicyclic) bond motifs is 1. The number of carbonyl (C=O) groups is 1. The molecule has 0 aromatic heterocycles. The molecule has 0 N–H and O–H groups in total. The third kappa shape index (κ3) is 3.41. The van der Waals surface area contributed by atoms with Gasteiger partial charge in [-0.05, 0) is 55.2 Å². The Kier molecular flexibility index (Phi) is 4.48. The average molecular weight is 361 g/mol. The van der Waals surface area contributed by atoms with E-state index in [1.54, 1.807) is 0 Å². The zero-order valence-electron chi connectivity index (χ0n) is 15.8. The Balaban J connectivity index is 1.35. The molecule has 0 spiro atoms. The van der Waals surface area contributed by atoms with Gasteiger partial charge in [0.05, 0.1) is 0 Å². The summed E-state index contributed by atoms with van der Waals surface area (Å²) >= 11 is 0. The third-order valence-electron chi connectivity index (χ3n) is 6.67. The summed E-state index contributed by atoms with van der Waals surface area (Å²) in [6, 6.07) is 21.5. The number of hydrogen-bond acceptors (Lipinski definition) is 2. The molecule has 3 heteroatoms. The van der Waals surface area contributed by atoms with Gasteiger partial charge >= 0.3 is 0 Å². The molecule has 0 bridgehead atoms. The maximum atomic E-state index is 13.2. The van der Waals surface area contributed by atoms with Crippen molar-refractivity contribution in [1.82, 2.24) is 4.90 Å². The van der Waals surface area contributed by atoms with E-state index < -0.39 is 0 Å². The molecule has 2 aromatic carbocycles. The predicted molar refractivity (Wildman–Crippen MR) is 108 cm³/mol. The van der Waals surface area contributed by atoms with Crippen LogP contribution < -0.4 is 4.90 Å². The van der Waals surface area contributed by atoms with Crippen LogP contribution >= 0.6 is 0 Å². The van der Waals surface area contributed by atoms with E-state index >= 15 is 0 Å². The van der Waals surface area contributed by atoms with E-state index in [0.29, 0.717) is 17.9 Å². The van der Waals surface area contributed by atoms with Crippen LogP contribution in [0.4, 0.5) is 5.69 Å². The Morgan fingerprint density at radius 2 is 1.59 bits per heavy atom. The molecule has 2 aromatic rings. The van der Waals surface area contributed by atoms with Gasteiger partial charge in [-0.2, -0.15) is 0 Å². The smallest absolute Gasteiger partial charge is 0.230 e. The summed E-state index contributed by atoms with van der Waals surface area (Å²) < 4.78 is 0. The fraction of sp³-hybridized carbons (Fsp3) is 0.458. The number of likely N-dealkylation sites (tertiary alicyclic amines) is 1.